The summed E-state index contributed by atoms with van der Waals surface area (Å²) < 4.78 is 25.6. The van der Waals surface area contributed by atoms with E-state index in [1.54, 1.807) is 11.2 Å². The molecule has 5 nitrogen and oxygen atoms in total. The topological polar surface area (TPSA) is 52.7 Å². The Balaban J connectivity index is 1.85. The first kappa shape index (κ1) is 13.3. The van der Waals surface area contributed by atoms with Crippen LogP contribution in [-0.4, -0.2) is 68.7 Å². The minimum atomic E-state index is -3.01. The monoisotopic (exact) mass is 261 g/mol. The molecule has 100 valence electrons. The van der Waals surface area contributed by atoms with Crippen LogP contribution in [-0.2, 0) is 10.0 Å². The summed E-state index contributed by atoms with van der Waals surface area (Å²) in [6, 6.07) is 0.294. The molecular formula is C11H23N3O2S. The van der Waals surface area contributed by atoms with Crippen molar-refractivity contribution in [3.8, 4) is 0 Å². The van der Waals surface area contributed by atoms with E-state index >= 15 is 0 Å². The molecule has 0 aromatic heterocycles. The van der Waals surface area contributed by atoms with Gasteiger partial charge < -0.3 is 5.32 Å². The fourth-order valence-electron chi connectivity index (χ4n) is 2.25. The van der Waals surface area contributed by atoms with E-state index in [-0.39, 0.29) is 5.75 Å². The summed E-state index contributed by atoms with van der Waals surface area (Å²) in [6.07, 6.45) is 2.08. The number of hydrogen-bond acceptors (Lipinski definition) is 4. The van der Waals surface area contributed by atoms with Gasteiger partial charge in [-0.05, 0) is 19.8 Å². The van der Waals surface area contributed by atoms with Crippen molar-refractivity contribution in [1.29, 1.82) is 0 Å². The quantitative estimate of drug-likeness (QED) is 0.714. The average Bonchev–Trinajstić information content (AvgIpc) is 3.15. The molecule has 2 rings (SSSR count). The Kier molecular flexibility index (Phi) is 4.41. The average molecular weight is 261 g/mol. The van der Waals surface area contributed by atoms with Gasteiger partial charge in [0.15, 0.2) is 0 Å². The molecule has 1 N–H and O–H groups in total. The molecule has 2 aliphatic rings. The lowest BCUT2D eigenvalue weighted by Crippen LogP contribution is -2.47. The third-order valence-electron chi connectivity index (χ3n) is 3.52. The molecule has 0 amide bonds. The summed E-state index contributed by atoms with van der Waals surface area (Å²) >= 11 is 0. The maximum absolute atomic E-state index is 11.9. The van der Waals surface area contributed by atoms with Crippen molar-refractivity contribution in [3.63, 3.8) is 0 Å². The van der Waals surface area contributed by atoms with Gasteiger partial charge in [-0.15, -0.1) is 0 Å². The largest absolute Gasteiger partial charge is 0.314 e. The highest BCUT2D eigenvalue weighted by atomic mass is 32.2. The zero-order valence-corrected chi connectivity index (χ0v) is 11.4. The molecular weight excluding hydrogens is 238 g/mol. The number of sulfonamides is 1. The van der Waals surface area contributed by atoms with Gasteiger partial charge in [0.25, 0.3) is 0 Å². The van der Waals surface area contributed by atoms with Crippen molar-refractivity contribution in [1.82, 2.24) is 14.5 Å². The predicted octanol–water partition coefficient (Wildman–Crippen LogP) is -0.294. The van der Waals surface area contributed by atoms with Gasteiger partial charge in [0, 0.05) is 45.3 Å². The Bertz CT molecular complexity index is 335. The summed E-state index contributed by atoms with van der Waals surface area (Å²) in [5, 5.41) is 3.31. The lowest BCUT2D eigenvalue weighted by Gasteiger charge is -2.30. The summed E-state index contributed by atoms with van der Waals surface area (Å²) in [7, 11) is -3.01. The lowest BCUT2D eigenvalue weighted by molar-refractivity contribution is 0.221. The summed E-state index contributed by atoms with van der Waals surface area (Å²) in [4.78, 5) is 2.34. The van der Waals surface area contributed by atoms with E-state index in [0.717, 1.165) is 45.6 Å². The van der Waals surface area contributed by atoms with Gasteiger partial charge in [-0.25, -0.2) is 8.42 Å². The van der Waals surface area contributed by atoms with Crippen LogP contribution in [0.3, 0.4) is 0 Å². The first-order chi connectivity index (χ1) is 8.13. The van der Waals surface area contributed by atoms with E-state index in [2.05, 4.69) is 10.2 Å². The van der Waals surface area contributed by atoms with Crippen LogP contribution in [0.2, 0.25) is 0 Å². The van der Waals surface area contributed by atoms with Crippen molar-refractivity contribution < 1.29 is 8.42 Å². The Morgan fingerprint density at radius 2 is 1.94 bits per heavy atom. The highest BCUT2D eigenvalue weighted by molar-refractivity contribution is 7.89. The van der Waals surface area contributed by atoms with Crippen molar-refractivity contribution in [2.24, 2.45) is 0 Å². The zero-order chi connectivity index (χ0) is 12.3. The first-order valence-electron chi connectivity index (χ1n) is 6.56. The van der Waals surface area contributed by atoms with Crippen LogP contribution in [0.25, 0.3) is 0 Å². The number of piperazine rings is 1. The summed E-state index contributed by atoms with van der Waals surface area (Å²) in [5.74, 6) is 0.227. The second-order valence-electron chi connectivity index (χ2n) is 4.83. The Hall–Kier alpha value is -0.170. The van der Waals surface area contributed by atoms with Gasteiger partial charge in [-0.3, -0.25) is 4.90 Å². The van der Waals surface area contributed by atoms with Gasteiger partial charge in [0.2, 0.25) is 10.0 Å². The molecule has 1 saturated heterocycles. The normalized spacial score (nSPS) is 23.2. The maximum atomic E-state index is 11.9. The van der Waals surface area contributed by atoms with Gasteiger partial charge >= 0.3 is 0 Å². The molecule has 1 aliphatic heterocycles. The molecule has 0 atom stereocenters. The van der Waals surface area contributed by atoms with Crippen LogP contribution in [0, 0.1) is 0 Å². The summed E-state index contributed by atoms with van der Waals surface area (Å²) in [5.41, 5.74) is 0. The van der Waals surface area contributed by atoms with Gasteiger partial charge in [0.05, 0.1) is 5.75 Å². The molecule has 1 saturated carbocycles. The number of nitrogens with zero attached hydrogens (tertiary/aromatic N) is 2. The van der Waals surface area contributed by atoms with E-state index in [4.69, 9.17) is 0 Å². The molecule has 0 aromatic rings. The van der Waals surface area contributed by atoms with Crippen LogP contribution in [0.4, 0.5) is 0 Å². The fraction of sp³-hybridized carbons (Fsp3) is 1.00. The molecule has 0 aromatic carbocycles. The van der Waals surface area contributed by atoms with Gasteiger partial charge in [0.1, 0.15) is 0 Å². The van der Waals surface area contributed by atoms with Crippen LogP contribution < -0.4 is 5.32 Å². The standard InChI is InChI=1S/C11H23N3O2S/c1-2-17(15,16)14(11-3-4-11)10-9-13-7-5-12-6-8-13/h11-12H,2-10H2,1H3. The minimum Gasteiger partial charge on any atom is -0.314 e. The van der Waals surface area contributed by atoms with Gasteiger partial charge in [-0.2, -0.15) is 4.31 Å². The smallest absolute Gasteiger partial charge is 0.214 e. The highest BCUT2D eigenvalue weighted by Crippen LogP contribution is 2.29. The number of nitrogens with one attached hydrogen (secondary N) is 1. The first-order valence-corrected chi connectivity index (χ1v) is 8.17. The van der Waals surface area contributed by atoms with Crippen LogP contribution >= 0.6 is 0 Å². The third kappa shape index (κ3) is 3.64. The third-order valence-corrected chi connectivity index (χ3v) is 5.45. The molecule has 1 heterocycles. The molecule has 0 radical (unpaired) electrons. The maximum Gasteiger partial charge on any atom is 0.214 e. The molecule has 0 spiro atoms. The highest BCUT2D eigenvalue weighted by Gasteiger charge is 2.36. The molecule has 6 heteroatoms. The van der Waals surface area contributed by atoms with Crippen molar-refractivity contribution in [2.45, 2.75) is 25.8 Å². The molecule has 2 fully saturated rings. The Morgan fingerprint density at radius 1 is 1.29 bits per heavy atom. The second-order valence-corrected chi connectivity index (χ2v) is 7.04. The van der Waals surface area contributed by atoms with E-state index in [1.165, 1.54) is 0 Å². The Labute approximate surface area is 104 Å². The second kappa shape index (κ2) is 5.65. The number of hydrogen-bond donors (Lipinski definition) is 1. The zero-order valence-electron chi connectivity index (χ0n) is 10.6. The minimum absolute atomic E-state index is 0.227. The molecule has 17 heavy (non-hydrogen) atoms. The SMILES string of the molecule is CCS(=O)(=O)N(CCN1CCNCC1)C1CC1. The van der Waals surface area contributed by atoms with Crippen LogP contribution in [0.1, 0.15) is 19.8 Å². The molecule has 0 unspecified atom stereocenters. The Morgan fingerprint density at radius 3 is 2.47 bits per heavy atom. The van der Waals surface area contributed by atoms with Crippen molar-refractivity contribution >= 4 is 10.0 Å². The van der Waals surface area contributed by atoms with E-state index in [0.29, 0.717) is 12.6 Å². The molecule has 0 bridgehead atoms. The number of rotatable bonds is 6. The van der Waals surface area contributed by atoms with E-state index < -0.39 is 10.0 Å². The van der Waals surface area contributed by atoms with Gasteiger partial charge in [-0.1, -0.05) is 0 Å². The van der Waals surface area contributed by atoms with Crippen molar-refractivity contribution in [3.05, 3.63) is 0 Å². The predicted molar refractivity (Wildman–Crippen MR) is 68.5 cm³/mol. The van der Waals surface area contributed by atoms with Crippen LogP contribution in [0.5, 0.6) is 0 Å². The van der Waals surface area contributed by atoms with E-state index in [9.17, 15) is 8.42 Å². The molecule has 1 aliphatic carbocycles. The van der Waals surface area contributed by atoms with E-state index in [1.807, 2.05) is 0 Å². The van der Waals surface area contributed by atoms with Crippen molar-refractivity contribution in [2.75, 3.05) is 45.0 Å². The van der Waals surface area contributed by atoms with Crippen LogP contribution in [0.15, 0.2) is 0 Å². The lowest BCUT2D eigenvalue weighted by atomic mass is 10.3. The fourth-order valence-corrected chi connectivity index (χ4v) is 3.61. The summed E-state index contributed by atoms with van der Waals surface area (Å²) in [6.45, 7) is 7.37.